The van der Waals surface area contributed by atoms with Crippen LogP contribution in [0.3, 0.4) is 0 Å². The number of hydrogen-bond acceptors (Lipinski definition) is 7. The number of hydrazone groups is 1. The molecule has 0 bridgehead atoms. The Balaban J connectivity index is 1.29. The van der Waals surface area contributed by atoms with E-state index in [2.05, 4.69) is 17.5 Å². The van der Waals surface area contributed by atoms with Crippen molar-refractivity contribution in [2.45, 2.75) is 13.3 Å². The highest BCUT2D eigenvalue weighted by Gasteiger charge is 2.19. The number of nitrogens with one attached hydrogen (secondary N) is 1. The summed E-state index contributed by atoms with van der Waals surface area (Å²) in [7, 11) is 1.58. The van der Waals surface area contributed by atoms with Crippen molar-refractivity contribution in [3.8, 4) is 17.2 Å². The molecular formula is C27H23ClN2O5S. The first kappa shape index (κ1) is 25.2. The number of carbonyl (C=O) groups excluding carboxylic acids is 2. The van der Waals surface area contributed by atoms with Crippen molar-refractivity contribution in [3.63, 3.8) is 0 Å². The van der Waals surface area contributed by atoms with Crippen molar-refractivity contribution < 1.29 is 23.8 Å². The number of nitrogens with zero attached hydrogens (tertiary/aromatic N) is 1. The Morgan fingerprint density at radius 3 is 2.39 bits per heavy atom. The Labute approximate surface area is 217 Å². The zero-order valence-corrected chi connectivity index (χ0v) is 21.2. The molecule has 0 aliphatic rings. The van der Waals surface area contributed by atoms with Gasteiger partial charge >= 0.3 is 5.97 Å². The molecule has 0 radical (unpaired) electrons. The average Bonchev–Trinajstić information content (AvgIpc) is 3.24. The van der Waals surface area contributed by atoms with Crippen LogP contribution in [0.25, 0.3) is 10.1 Å². The highest BCUT2D eigenvalue weighted by molar-refractivity contribution is 7.21. The van der Waals surface area contributed by atoms with Crippen molar-refractivity contribution in [3.05, 3.63) is 87.8 Å². The molecule has 0 fully saturated rings. The second-order valence-electron chi connectivity index (χ2n) is 7.65. The molecule has 7 nitrogen and oxygen atoms in total. The van der Waals surface area contributed by atoms with E-state index in [9.17, 15) is 9.59 Å². The zero-order chi connectivity index (χ0) is 25.5. The number of ether oxygens (including phenoxy) is 3. The summed E-state index contributed by atoms with van der Waals surface area (Å²) >= 11 is 7.64. The van der Waals surface area contributed by atoms with Gasteiger partial charge in [0.25, 0.3) is 5.91 Å². The van der Waals surface area contributed by atoms with Gasteiger partial charge in [0.1, 0.15) is 22.1 Å². The van der Waals surface area contributed by atoms with Crippen molar-refractivity contribution in [1.82, 2.24) is 5.43 Å². The van der Waals surface area contributed by atoms with Crippen LogP contribution in [0.15, 0.2) is 71.8 Å². The van der Waals surface area contributed by atoms with Crippen LogP contribution in [0.2, 0.25) is 5.02 Å². The van der Waals surface area contributed by atoms with E-state index in [0.29, 0.717) is 32.7 Å². The molecule has 0 aliphatic carbocycles. The third kappa shape index (κ3) is 6.21. The molecule has 0 unspecified atom stereocenters. The van der Waals surface area contributed by atoms with Crippen LogP contribution in [0.1, 0.15) is 27.7 Å². The van der Waals surface area contributed by atoms with Gasteiger partial charge in [-0.2, -0.15) is 5.10 Å². The molecule has 1 heterocycles. The summed E-state index contributed by atoms with van der Waals surface area (Å²) in [5.41, 5.74) is 4.32. The molecule has 1 N–H and O–H groups in total. The molecule has 0 atom stereocenters. The number of hydrogen-bond donors (Lipinski definition) is 1. The Kier molecular flexibility index (Phi) is 8.20. The number of esters is 1. The first-order valence-electron chi connectivity index (χ1n) is 11.1. The van der Waals surface area contributed by atoms with E-state index in [1.165, 1.54) is 23.1 Å². The van der Waals surface area contributed by atoms with Gasteiger partial charge in [0.05, 0.1) is 18.3 Å². The summed E-state index contributed by atoms with van der Waals surface area (Å²) in [4.78, 5) is 24.9. The maximum absolute atomic E-state index is 12.7. The van der Waals surface area contributed by atoms with E-state index in [4.69, 9.17) is 25.8 Å². The molecule has 4 rings (SSSR count). The van der Waals surface area contributed by atoms with Crippen LogP contribution in [0, 0.1) is 0 Å². The molecular weight excluding hydrogens is 500 g/mol. The molecule has 1 aromatic heterocycles. The van der Waals surface area contributed by atoms with Gasteiger partial charge in [-0.1, -0.05) is 30.7 Å². The number of methoxy groups -OCH3 is 1. The fourth-order valence-corrected chi connectivity index (χ4v) is 4.67. The van der Waals surface area contributed by atoms with Gasteiger partial charge in [0.2, 0.25) is 0 Å². The fraction of sp³-hybridized carbons (Fsp3) is 0.148. The van der Waals surface area contributed by atoms with E-state index < -0.39 is 5.97 Å². The monoisotopic (exact) mass is 522 g/mol. The molecule has 0 aliphatic heterocycles. The highest BCUT2D eigenvalue weighted by atomic mass is 35.5. The summed E-state index contributed by atoms with van der Waals surface area (Å²) in [5, 5.41) is 5.05. The van der Waals surface area contributed by atoms with Crippen LogP contribution < -0.4 is 19.6 Å². The Hall–Kier alpha value is -3.88. The number of thiophene rings is 1. The van der Waals surface area contributed by atoms with E-state index in [1.807, 2.05) is 36.4 Å². The molecule has 4 aromatic rings. The number of fused-ring (bicyclic) bond motifs is 1. The zero-order valence-electron chi connectivity index (χ0n) is 19.6. The van der Waals surface area contributed by atoms with E-state index in [-0.39, 0.29) is 12.5 Å². The summed E-state index contributed by atoms with van der Waals surface area (Å²) in [6.45, 7) is 1.92. The first-order valence-corrected chi connectivity index (χ1v) is 12.3. The molecule has 0 saturated heterocycles. The van der Waals surface area contributed by atoms with Crippen LogP contribution in [-0.4, -0.2) is 31.8 Å². The number of aryl methyl sites for hydroxylation is 1. The lowest BCUT2D eigenvalue weighted by molar-refractivity contribution is -0.123. The highest BCUT2D eigenvalue weighted by Crippen LogP contribution is 2.37. The normalized spacial score (nSPS) is 11.0. The van der Waals surface area contributed by atoms with Crippen LogP contribution in [0.4, 0.5) is 0 Å². The van der Waals surface area contributed by atoms with Gasteiger partial charge in [0.15, 0.2) is 6.61 Å². The second-order valence-corrected chi connectivity index (χ2v) is 9.08. The van der Waals surface area contributed by atoms with Gasteiger partial charge < -0.3 is 14.2 Å². The topological polar surface area (TPSA) is 86.2 Å². The molecule has 0 spiro atoms. The summed E-state index contributed by atoms with van der Waals surface area (Å²) in [6.07, 6.45) is 2.42. The average molecular weight is 523 g/mol. The maximum Gasteiger partial charge on any atom is 0.355 e. The lowest BCUT2D eigenvalue weighted by Crippen LogP contribution is -2.24. The van der Waals surface area contributed by atoms with Crippen molar-refractivity contribution >= 4 is 51.1 Å². The minimum atomic E-state index is -0.543. The predicted molar refractivity (Wildman–Crippen MR) is 142 cm³/mol. The van der Waals surface area contributed by atoms with Gasteiger partial charge in [-0.25, -0.2) is 10.2 Å². The standard InChI is InChI=1S/C27H23ClN2O5S/c1-3-17-4-8-19(9-5-17)34-16-24(31)30-29-15-18-6-10-20(11-7-18)35-27(32)26-25(28)22-13-12-21(33-2)14-23(22)36-26/h4-15H,3,16H2,1-2H3,(H,30,31)/b29-15-. The molecule has 36 heavy (non-hydrogen) atoms. The number of carbonyl (C=O) groups is 2. The second kappa shape index (κ2) is 11.7. The summed E-state index contributed by atoms with van der Waals surface area (Å²) in [5.74, 6) is 0.735. The van der Waals surface area contributed by atoms with Crippen molar-refractivity contribution in [2.75, 3.05) is 13.7 Å². The van der Waals surface area contributed by atoms with Gasteiger partial charge in [-0.05, 0) is 72.1 Å². The Bertz CT molecular complexity index is 1400. The van der Waals surface area contributed by atoms with Crippen LogP contribution in [0.5, 0.6) is 17.2 Å². The van der Waals surface area contributed by atoms with Crippen molar-refractivity contribution in [2.24, 2.45) is 5.10 Å². The largest absolute Gasteiger partial charge is 0.497 e. The predicted octanol–water partition coefficient (Wildman–Crippen LogP) is 5.87. The SMILES string of the molecule is CCc1ccc(OCC(=O)N/N=C\c2ccc(OC(=O)c3sc4cc(OC)ccc4c3Cl)cc2)cc1. The Morgan fingerprint density at radius 2 is 1.69 bits per heavy atom. The number of halogens is 1. The smallest absolute Gasteiger partial charge is 0.355 e. The van der Waals surface area contributed by atoms with E-state index in [1.54, 1.807) is 37.4 Å². The van der Waals surface area contributed by atoms with Gasteiger partial charge in [0, 0.05) is 10.1 Å². The lowest BCUT2D eigenvalue weighted by Gasteiger charge is -2.05. The summed E-state index contributed by atoms with van der Waals surface area (Å²) in [6, 6.07) is 19.7. The molecule has 184 valence electrons. The third-order valence-electron chi connectivity index (χ3n) is 5.22. The molecule has 3 aromatic carbocycles. The van der Waals surface area contributed by atoms with Crippen molar-refractivity contribution in [1.29, 1.82) is 0 Å². The third-order valence-corrected chi connectivity index (χ3v) is 6.85. The number of rotatable bonds is 9. The van der Waals surface area contributed by atoms with E-state index >= 15 is 0 Å². The van der Waals surface area contributed by atoms with E-state index in [0.717, 1.165) is 16.5 Å². The first-order chi connectivity index (χ1) is 17.5. The minimum Gasteiger partial charge on any atom is -0.497 e. The molecule has 0 saturated carbocycles. The van der Waals surface area contributed by atoms with Crippen LogP contribution in [-0.2, 0) is 11.2 Å². The lowest BCUT2D eigenvalue weighted by atomic mass is 10.2. The quantitative estimate of drug-likeness (QED) is 0.128. The van der Waals surface area contributed by atoms with Crippen LogP contribution >= 0.6 is 22.9 Å². The fourth-order valence-electron chi connectivity index (χ4n) is 3.26. The maximum atomic E-state index is 12.7. The molecule has 1 amide bonds. The Morgan fingerprint density at radius 1 is 1.00 bits per heavy atom. The summed E-state index contributed by atoms with van der Waals surface area (Å²) < 4.78 is 17.0. The number of benzene rings is 3. The number of amides is 1. The van der Waals surface area contributed by atoms with Gasteiger partial charge in [-0.3, -0.25) is 4.79 Å². The van der Waals surface area contributed by atoms with Gasteiger partial charge in [-0.15, -0.1) is 11.3 Å². The molecule has 9 heteroatoms. The minimum absolute atomic E-state index is 0.148.